The fourth-order valence-electron chi connectivity index (χ4n) is 1.66. The van der Waals surface area contributed by atoms with E-state index in [4.69, 9.17) is 5.11 Å². The Hall–Kier alpha value is -2.43. The third-order valence-corrected chi connectivity index (χ3v) is 2.77. The van der Waals surface area contributed by atoms with Gasteiger partial charge in [-0.25, -0.2) is 4.39 Å². The molecular weight excluding hydrogens is 247 g/mol. The third kappa shape index (κ3) is 3.07. The Bertz CT molecular complexity index is 614. The minimum absolute atomic E-state index is 0.0930. The zero-order valence-corrected chi connectivity index (χ0v) is 10.4. The smallest absolute Gasteiger partial charge is 0.254 e. The van der Waals surface area contributed by atoms with E-state index in [-0.39, 0.29) is 11.3 Å². The van der Waals surface area contributed by atoms with Gasteiger partial charge < -0.3 is 10.4 Å². The van der Waals surface area contributed by atoms with Crippen molar-refractivity contribution in [3.8, 4) is 5.75 Å². The lowest BCUT2D eigenvalue weighted by Crippen LogP contribution is -2.24. The average molecular weight is 260 g/mol. The van der Waals surface area contributed by atoms with Crippen LogP contribution in [0.15, 0.2) is 36.7 Å². The predicted molar refractivity (Wildman–Crippen MR) is 68.2 cm³/mol. The first-order valence-electron chi connectivity index (χ1n) is 5.74. The van der Waals surface area contributed by atoms with Gasteiger partial charge in [0.25, 0.3) is 5.91 Å². The van der Waals surface area contributed by atoms with Crippen molar-refractivity contribution in [3.63, 3.8) is 0 Å². The second-order valence-electron chi connectivity index (χ2n) is 4.15. The maximum atomic E-state index is 13.5. The molecule has 0 aliphatic rings. The van der Waals surface area contributed by atoms with Gasteiger partial charge >= 0.3 is 0 Å². The molecule has 4 nitrogen and oxygen atoms in total. The lowest BCUT2D eigenvalue weighted by molar-refractivity contribution is 0.0947. The van der Waals surface area contributed by atoms with Gasteiger partial charge in [0.1, 0.15) is 11.6 Å². The number of hydrogen-bond donors (Lipinski definition) is 2. The number of benzene rings is 1. The van der Waals surface area contributed by atoms with E-state index in [1.165, 1.54) is 12.1 Å². The first-order valence-corrected chi connectivity index (χ1v) is 5.74. The van der Waals surface area contributed by atoms with Crippen LogP contribution >= 0.6 is 0 Å². The molecule has 19 heavy (non-hydrogen) atoms. The fourth-order valence-corrected chi connectivity index (χ4v) is 1.66. The highest BCUT2D eigenvalue weighted by Gasteiger charge is 2.12. The molecule has 1 heterocycles. The van der Waals surface area contributed by atoms with Gasteiger partial charge in [0.2, 0.25) is 0 Å². The number of nitrogens with zero attached hydrogens (tertiary/aromatic N) is 1. The van der Waals surface area contributed by atoms with E-state index in [0.29, 0.717) is 6.54 Å². The largest absolute Gasteiger partial charge is 0.508 e. The van der Waals surface area contributed by atoms with Crippen molar-refractivity contribution in [1.29, 1.82) is 0 Å². The predicted octanol–water partition coefficient (Wildman–Crippen LogP) is 2.16. The summed E-state index contributed by atoms with van der Waals surface area (Å²) in [5.41, 5.74) is 1.78. The molecule has 0 saturated carbocycles. The van der Waals surface area contributed by atoms with E-state index in [0.717, 1.165) is 17.2 Å². The average Bonchev–Trinajstić information content (AvgIpc) is 2.37. The molecule has 2 rings (SSSR count). The number of phenols is 1. The van der Waals surface area contributed by atoms with Crippen LogP contribution < -0.4 is 5.32 Å². The number of pyridine rings is 1. The SMILES string of the molecule is Cc1cnccc1CNC(=O)c1ccc(O)cc1F. The molecule has 1 aromatic carbocycles. The molecule has 0 aliphatic heterocycles. The van der Waals surface area contributed by atoms with Crippen molar-refractivity contribution in [3.05, 3.63) is 59.2 Å². The summed E-state index contributed by atoms with van der Waals surface area (Å²) in [4.78, 5) is 15.8. The molecule has 2 aromatic rings. The van der Waals surface area contributed by atoms with Gasteiger partial charge in [0, 0.05) is 25.0 Å². The van der Waals surface area contributed by atoms with Gasteiger partial charge in [-0.15, -0.1) is 0 Å². The quantitative estimate of drug-likeness (QED) is 0.889. The Morgan fingerprint density at radius 2 is 2.21 bits per heavy atom. The summed E-state index contributed by atoms with van der Waals surface area (Å²) in [5, 5.41) is 11.7. The number of hydrogen-bond acceptors (Lipinski definition) is 3. The highest BCUT2D eigenvalue weighted by Crippen LogP contribution is 2.15. The number of aryl methyl sites for hydroxylation is 1. The van der Waals surface area contributed by atoms with E-state index >= 15 is 0 Å². The number of halogens is 1. The number of rotatable bonds is 3. The minimum atomic E-state index is -0.746. The molecule has 0 aliphatic carbocycles. The summed E-state index contributed by atoms with van der Waals surface area (Å²) < 4.78 is 13.5. The maximum absolute atomic E-state index is 13.5. The van der Waals surface area contributed by atoms with Gasteiger partial charge in [-0.05, 0) is 36.2 Å². The minimum Gasteiger partial charge on any atom is -0.508 e. The first-order chi connectivity index (χ1) is 9.08. The van der Waals surface area contributed by atoms with Crippen LogP contribution in [0.4, 0.5) is 4.39 Å². The fraction of sp³-hybridized carbons (Fsp3) is 0.143. The molecule has 0 atom stereocenters. The van der Waals surface area contributed by atoms with Crippen LogP contribution in [-0.2, 0) is 6.54 Å². The maximum Gasteiger partial charge on any atom is 0.254 e. The number of nitrogens with one attached hydrogen (secondary N) is 1. The Balaban J connectivity index is 2.08. The first kappa shape index (κ1) is 13.0. The molecule has 0 saturated heterocycles. The van der Waals surface area contributed by atoms with Crippen LogP contribution in [0, 0.1) is 12.7 Å². The van der Waals surface area contributed by atoms with E-state index in [2.05, 4.69) is 10.3 Å². The number of amides is 1. The Morgan fingerprint density at radius 3 is 2.89 bits per heavy atom. The standard InChI is InChI=1S/C14H13FN2O2/c1-9-7-16-5-4-10(9)8-17-14(19)12-3-2-11(18)6-13(12)15/h2-7,18H,8H2,1H3,(H,17,19). The molecule has 5 heteroatoms. The Morgan fingerprint density at radius 1 is 1.42 bits per heavy atom. The van der Waals surface area contributed by atoms with E-state index in [1.54, 1.807) is 18.5 Å². The number of aromatic hydroxyl groups is 1. The number of aromatic nitrogens is 1. The van der Waals surface area contributed by atoms with Gasteiger partial charge in [0.05, 0.1) is 5.56 Å². The zero-order valence-electron chi connectivity index (χ0n) is 10.4. The summed E-state index contributed by atoms with van der Waals surface area (Å²) in [6.07, 6.45) is 3.33. The van der Waals surface area contributed by atoms with Crippen LogP contribution in [-0.4, -0.2) is 16.0 Å². The van der Waals surface area contributed by atoms with Crippen molar-refractivity contribution in [1.82, 2.24) is 10.3 Å². The lowest BCUT2D eigenvalue weighted by atomic mass is 10.1. The van der Waals surface area contributed by atoms with E-state index < -0.39 is 11.7 Å². The lowest BCUT2D eigenvalue weighted by Gasteiger charge is -2.08. The summed E-state index contributed by atoms with van der Waals surface area (Å²) >= 11 is 0. The van der Waals surface area contributed by atoms with Crippen LogP contribution in [0.5, 0.6) is 5.75 Å². The van der Waals surface area contributed by atoms with Gasteiger partial charge in [0.15, 0.2) is 0 Å². The molecule has 98 valence electrons. The summed E-state index contributed by atoms with van der Waals surface area (Å²) in [6.45, 7) is 2.18. The summed E-state index contributed by atoms with van der Waals surface area (Å²) in [7, 11) is 0. The highest BCUT2D eigenvalue weighted by molar-refractivity contribution is 5.94. The normalized spacial score (nSPS) is 10.2. The second kappa shape index (κ2) is 5.48. The van der Waals surface area contributed by atoms with Crippen LogP contribution in [0.2, 0.25) is 0 Å². The highest BCUT2D eigenvalue weighted by atomic mass is 19.1. The molecule has 0 bridgehead atoms. The summed E-state index contributed by atoms with van der Waals surface area (Å²) in [5.74, 6) is -1.48. The second-order valence-corrected chi connectivity index (χ2v) is 4.15. The topological polar surface area (TPSA) is 62.2 Å². The Labute approximate surface area is 109 Å². The zero-order chi connectivity index (χ0) is 13.8. The van der Waals surface area contributed by atoms with Crippen molar-refractivity contribution in [2.75, 3.05) is 0 Å². The molecule has 1 aromatic heterocycles. The van der Waals surface area contributed by atoms with Gasteiger partial charge in [-0.3, -0.25) is 9.78 Å². The molecule has 1 amide bonds. The van der Waals surface area contributed by atoms with Crippen molar-refractivity contribution >= 4 is 5.91 Å². The Kier molecular flexibility index (Phi) is 3.75. The molecule has 0 spiro atoms. The number of phenolic OH excluding ortho intramolecular Hbond substituents is 1. The number of carbonyl (C=O) groups excluding carboxylic acids is 1. The molecule has 0 radical (unpaired) electrons. The molecule has 0 unspecified atom stereocenters. The van der Waals surface area contributed by atoms with Gasteiger partial charge in [-0.2, -0.15) is 0 Å². The molecular formula is C14H13FN2O2. The van der Waals surface area contributed by atoms with E-state index in [9.17, 15) is 9.18 Å². The van der Waals surface area contributed by atoms with Crippen molar-refractivity contribution < 1.29 is 14.3 Å². The summed E-state index contributed by atoms with van der Waals surface area (Å²) in [6, 6.07) is 5.23. The van der Waals surface area contributed by atoms with E-state index in [1.807, 2.05) is 6.92 Å². The van der Waals surface area contributed by atoms with Crippen LogP contribution in [0.3, 0.4) is 0 Å². The number of carbonyl (C=O) groups is 1. The van der Waals surface area contributed by atoms with Crippen LogP contribution in [0.25, 0.3) is 0 Å². The third-order valence-electron chi connectivity index (χ3n) is 2.77. The van der Waals surface area contributed by atoms with Crippen LogP contribution in [0.1, 0.15) is 21.5 Å². The van der Waals surface area contributed by atoms with Crippen molar-refractivity contribution in [2.24, 2.45) is 0 Å². The molecule has 0 fully saturated rings. The van der Waals surface area contributed by atoms with Crippen molar-refractivity contribution in [2.45, 2.75) is 13.5 Å². The molecule has 2 N–H and O–H groups in total. The van der Waals surface area contributed by atoms with Gasteiger partial charge in [-0.1, -0.05) is 0 Å². The monoisotopic (exact) mass is 260 g/mol.